The number of likely N-dealkylation sites (tertiary alicyclic amines) is 1. The molecule has 0 spiro atoms. The molecule has 1 heterocycles. The highest BCUT2D eigenvalue weighted by atomic mass is 16.5. The van der Waals surface area contributed by atoms with E-state index in [1.165, 1.54) is 51.6 Å². The monoisotopic (exact) mass is 338 g/mol. The van der Waals surface area contributed by atoms with Crippen LogP contribution in [0, 0.1) is 5.41 Å². The molecule has 2 fully saturated rings. The van der Waals surface area contributed by atoms with E-state index in [-0.39, 0.29) is 5.54 Å². The average Bonchev–Trinajstić information content (AvgIpc) is 2.57. The largest absolute Gasteiger partial charge is 0.385 e. The van der Waals surface area contributed by atoms with E-state index < -0.39 is 0 Å². The zero-order valence-electron chi connectivity index (χ0n) is 16.3. The molecule has 1 aliphatic heterocycles. The van der Waals surface area contributed by atoms with Gasteiger partial charge in [0.2, 0.25) is 0 Å². The minimum absolute atomic E-state index is 0.169. The topological polar surface area (TPSA) is 48.9 Å². The van der Waals surface area contributed by atoms with Crippen molar-refractivity contribution >= 4 is 5.96 Å². The Labute approximate surface area is 148 Å². The second-order valence-corrected chi connectivity index (χ2v) is 8.24. The average molecular weight is 339 g/mol. The molecule has 24 heavy (non-hydrogen) atoms. The SMILES string of the molecule is CN=C(NCC1(CCOC)CCC1)NCC(C)(C)N1CCCCC1. The van der Waals surface area contributed by atoms with Crippen molar-refractivity contribution in [1.82, 2.24) is 15.5 Å². The molecular formula is C19H38N4O. The van der Waals surface area contributed by atoms with Crippen molar-refractivity contribution in [2.75, 3.05) is 46.9 Å². The first-order valence-corrected chi connectivity index (χ1v) is 9.70. The molecule has 2 aliphatic rings. The van der Waals surface area contributed by atoms with Gasteiger partial charge in [-0.25, -0.2) is 0 Å². The van der Waals surface area contributed by atoms with Crippen molar-refractivity contribution in [2.24, 2.45) is 10.4 Å². The van der Waals surface area contributed by atoms with Gasteiger partial charge in [-0.1, -0.05) is 12.8 Å². The number of ether oxygens (including phenoxy) is 1. The first-order chi connectivity index (χ1) is 11.5. The van der Waals surface area contributed by atoms with Crippen molar-refractivity contribution in [3.63, 3.8) is 0 Å². The lowest BCUT2D eigenvalue weighted by Crippen LogP contribution is -2.55. The number of methoxy groups -OCH3 is 1. The minimum atomic E-state index is 0.169. The summed E-state index contributed by atoms with van der Waals surface area (Å²) >= 11 is 0. The Hall–Kier alpha value is -0.810. The van der Waals surface area contributed by atoms with Crippen LogP contribution < -0.4 is 10.6 Å². The Morgan fingerprint density at radius 1 is 1.12 bits per heavy atom. The van der Waals surface area contributed by atoms with Gasteiger partial charge in [-0.15, -0.1) is 0 Å². The van der Waals surface area contributed by atoms with Crippen LogP contribution in [0.15, 0.2) is 4.99 Å². The van der Waals surface area contributed by atoms with E-state index in [2.05, 4.69) is 34.4 Å². The van der Waals surface area contributed by atoms with Crippen LogP contribution in [0.3, 0.4) is 0 Å². The standard InChI is InChI=1S/C19H38N4O/c1-18(2,23-12-6-5-7-13-23)15-21-17(20-3)22-16-19(9-8-10-19)11-14-24-4/h5-16H2,1-4H3,(H2,20,21,22). The van der Waals surface area contributed by atoms with Crippen LogP contribution in [0.5, 0.6) is 0 Å². The highest BCUT2D eigenvalue weighted by molar-refractivity contribution is 5.79. The molecule has 1 aliphatic carbocycles. The van der Waals surface area contributed by atoms with Gasteiger partial charge in [0.25, 0.3) is 0 Å². The third kappa shape index (κ3) is 5.35. The zero-order valence-corrected chi connectivity index (χ0v) is 16.3. The van der Waals surface area contributed by atoms with Crippen LogP contribution in [-0.4, -0.2) is 63.3 Å². The molecule has 0 aromatic rings. The maximum Gasteiger partial charge on any atom is 0.191 e. The van der Waals surface area contributed by atoms with E-state index >= 15 is 0 Å². The fourth-order valence-electron chi connectivity index (χ4n) is 3.91. The number of guanidine groups is 1. The lowest BCUT2D eigenvalue weighted by atomic mass is 9.67. The van der Waals surface area contributed by atoms with Crippen molar-refractivity contribution in [3.05, 3.63) is 0 Å². The summed E-state index contributed by atoms with van der Waals surface area (Å²) in [4.78, 5) is 7.04. The molecule has 1 saturated carbocycles. The van der Waals surface area contributed by atoms with E-state index in [0.29, 0.717) is 5.41 Å². The first kappa shape index (κ1) is 19.5. The van der Waals surface area contributed by atoms with E-state index in [0.717, 1.165) is 32.1 Å². The third-order valence-corrected chi connectivity index (χ3v) is 6.01. The molecule has 2 rings (SSSR count). The zero-order chi connectivity index (χ0) is 17.5. The summed E-state index contributed by atoms with van der Waals surface area (Å²) in [7, 11) is 3.66. The number of nitrogens with zero attached hydrogens (tertiary/aromatic N) is 2. The predicted octanol–water partition coefficient (Wildman–Crippen LogP) is 2.62. The molecule has 2 N–H and O–H groups in total. The quantitative estimate of drug-likeness (QED) is 0.528. The molecule has 0 atom stereocenters. The van der Waals surface area contributed by atoms with Gasteiger partial charge in [0.05, 0.1) is 0 Å². The molecule has 0 unspecified atom stereocenters. The Balaban J connectivity index is 1.77. The lowest BCUT2D eigenvalue weighted by molar-refractivity contribution is 0.0729. The molecule has 1 saturated heterocycles. The van der Waals surface area contributed by atoms with Gasteiger partial charge in [-0.2, -0.15) is 0 Å². The van der Waals surface area contributed by atoms with Gasteiger partial charge in [0.15, 0.2) is 5.96 Å². The summed E-state index contributed by atoms with van der Waals surface area (Å²) in [5.41, 5.74) is 0.582. The van der Waals surface area contributed by atoms with Crippen LogP contribution >= 0.6 is 0 Å². The summed E-state index contributed by atoms with van der Waals surface area (Å²) in [6.45, 7) is 9.91. The van der Waals surface area contributed by atoms with Crippen LogP contribution in [0.2, 0.25) is 0 Å². The minimum Gasteiger partial charge on any atom is -0.385 e. The molecule has 5 nitrogen and oxygen atoms in total. The number of piperidine rings is 1. The van der Waals surface area contributed by atoms with Crippen molar-refractivity contribution < 1.29 is 4.74 Å². The van der Waals surface area contributed by atoms with E-state index in [1.54, 1.807) is 7.11 Å². The van der Waals surface area contributed by atoms with Gasteiger partial charge in [0.1, 0.15) is 0 Å². The molecule has 5 heteroatoms. The Kier molecular flexibility index (Phi) is 7.35. The normalized spacial score (nSPS) is 22.1. The van der Waals surface area contributed by atoms with E-state index in [9.17, 15) is 0 Å². The first-order valence-electron chi connectivity index (χ1n) is 9.70. The fraction of sp³-hybridized carbons (Fsp3) is 0.947. The fourth-order valence-corrected chi connectivity index (χ4v) is 3.91. The number of hydrogen-bond donors (Lipinski definition) is 2. The maximum absolute atomic E-state index is 5.29. The van der Waals surface area contributed by atoms with Crippen molar-refractivity contribution in [2.45, 2.75) is 64.3 Å². The Morgan fingerprint density at radius 2 is 1.83 bits per heavy atom. The molecule has 0 aromatic carbocycles. The third-order valence-electron chi connectivity index (χ3n) is 6.01. The molecule has 0 radical (unpaired) electrons. The highest BCUT2D eigenvalue weighted by Crippen LogP contribution is 2.43. The van der Waals surface area contributed by atoms with Crippen LogP contribution in [-0.2, 0) is 4.74 Å². The van der Waals surface area contributed by atoms with Crippen molar-refractivity contribution in [3.8, 4) is 0 Å². The van der Waals surface area contributed by atoms with Crippen LogP contribution in [0.25, 0.3) is 0 Å². The van der Waals surface area contributed by atoms with Crippen LogP contribution in [0.1, 0.15) is 58.8 Å². The summed E-state index contributed by atoms with van der Waals surface area (Å²) in [6, 6.07) is 0. The smallest absolute Gasteiger partial charge is 0.191 e. The predicted molar refractivity (Wildman–Crippen MR) is 102 cm³/mol. The van der Waals surface area contributed by atoms with E-state index in [1.807, 2.05) is 7.05 Å². The highest BCUT2D eigenvalue weighted by Gasteiger charge is 2.36. The van der Waals surface area contributed by atoms with Gasteiger partial charge < -0.3 is 15.4 Å². The second kappa shape index (κ2) is 9.04. The molecule has 140 valence electrons. The number of nitrogens with one attached hydrogen (secondary N) is 2. The number of rotatable bonds is 8. The van der Waals surface area contributed by atoms with Gasteiger partial charge >= 0.3 is 0 Å². The summed E-state index contributed by atoms with van der Waals surface area (Å²) in [6.07, 6.45) is 9.15. The van der Waals surface area contributed by atoms with Gasteiger partial charge in [-0.05, 0) is 64.5 Å². The molecular weight excluding hydrogens is 300 g/mol. The van der Waals surface area contributed by atoms with Crippen molar-refractivity contribution in [1.29, 1.82) is 0 Å². The molecule has 0 aromatic heterocycles. The van der Waals surface area contributed by atoms with Gasteiger partial charge in [-0.3, -0.25) is 9.89 Å². The summed E-state index contributed by atoms with van der Waals surface area (Å²) < 4.78 is 5.29. The van der Waals surface area contributed by atoms with Crippen LogP contribution in [0.4, 0.5) is 0 Å². The van der Waals surface area contributed by atoms with Gasteiger partial charge in [0, 0.05) is 39.4 Å². The second-order valence-electron chi connectivity index (χ2n) is 8.24. The summed E-state index contributed by atoms with van der Waals surface area (Å²) in [5, 5.41) is 7.11. The lowest BCUT2D eigenvalue weighted by Gasteiger charge is -2.43. The molecule has 0 amide bonds. The molecule has 0 bridgehead atoms. The Bertz CT molecular complexity index is 398. The number of hydrogen-bond acceptors (Lipinski definition) is 3. The Morgan fingerprint density at radius 3 is 2.38 bits per heavy atom. The maximum atomic E-state index is 5.29. The summed E-state index contributed by atoms with van der Waals surface area (Å²) in [5.74, 6) is 0.934. The number of aliphatic imine (C=N–C) groups is 1. The van der Waals surface area contributed by atoms with E-state index in [4.69, 9.17) is 4.74 Å².